The summed E-state index contributed by atoms with van der Waals surface area (Å²) in [5, 5.41) is 7.26. The van der Waals surface area contributed by atoms with Gasteiger partial charge >= 0.3 is 0 Å². The number of thiocarbonyl (C=S) groups is 1. The molecule has 2 heterocycles. The molecule has 5 nitrogen and oxygen atoms in total. The molecule has 0 atom stereocenters. The molecule has 0 bridgehead atoms. The average Bonchev–Trinajstić information content (AvgIpc) is 3.26. The van der Waals surface area contributed by atoms with Crippen molar-refractivity contribution in [2.45, 2.75) is 0 Å². The van der Waals surface area contributed by atoms with Gasteiger partial charge in [0.1, 0.15) is 10.6 Å². The molecule has 0 aliphatic carbocycles. The Balaban J connectivity index is 1.22. The van der Waals surface area contributed by atoms with E-state index in [0.29, 0.717) is 26.8 Å². The van der Waals surface area contributed by atoms with Crippen molar-refractivity contribution in [3.8, 4) is 0 Å². The van der Waals surface area contributed by atoms with Gasteiger partial charge in [0.2, 0.25) is 5.82 Å². The predicted octanol–water partition coefficient (Wildman–Crippen LogP) is 8.01. The second-order valence-electron chi connectivity index (χ2n) is 8.85. The van der Waals surface area contributed by atoms with Crippen LogP contribution in [0.3, 0.4) is 0 Å². The maximum atomic E-state index is 14.2. The summed E-state index contributed by atoms with van der Waals surface area (Å²) in [4.78, 5) is 16.0. The van der Waals surface area contributed by atoms with E-state index in [1.165, 1.54) is 11.3 Å². The van der Waals surface area contributed by atoms with E-state index in [1.807, 2.05) is 4.90 Å². The highest BCUT2D eigenvalue weighted by molar-refractivity contribution is 7.80. The van der Waals surface area contributed by atoms with Gasteiger partial charge < -0.3 is 15.1 Å². The molecule has 41 heavy (non-hydrogen) atoms. The van der Waals surface area contributed by atoms with Crippen molar-refractivity contribution in [2.24, 2.45) is 0 Å². The highest BCUT2D eigenvalue weighted by Gasteiger charge is 2.31. The lowest BCUT2D eigenvalue weighted by molar-refractivity contribution is 0.0982. The SMILES string of the molecule is O=C(NC(=S)Nc1ccc(N2CCN(c3c(F)c(F)c(F)c(F)c3F)CC2)c(Cl)c1)c1sc2cc(Cl)ccc2c1Cl. The van der Waals surface area contributed by atoms with Gasteiger partial charge in [0, 0.05) is 47.0 Å². The second kappa shape index (κ2) is 11.8. The largest absolute Gasteiger partial charge is 0.367 e. The maximum Gasteiger partial charge on any atom is 0.269 e. The van der Waals surface area contributed by atoms with Crippen LogP contribution in [0.25, 0.3) is 10.1 Å². The van der Waals surface area contributed by atoms with Crippen molar-refractivity contribution in [1.82, 2.24) is 5.32 Å². The van der Waals surface area contributed by atoms with E-state index >= 15 is 0 Å². The zero-order valence-corrected chi connectivity index (χ0v) is 24.3. The third-order valence-electron chi connectivity index (χ3n) is 6.35. The number of fused-ring (bicyclic) bond motifs is 1. The number of piperazine rings is 1. The van der Waals surface area contributed by atoms with Gasteiger partial charge in [-0.15, -0.1) is 11.3 Å². The molecule has 1 saturated heterocycles. The zero-order valence-electron chi connectivity index (χ0n) is 20.4. The lowest BCUT2D eigenvalue weighted by Crippen LogP contribution is -2.47. The number of carbonyl (C=O) groups is 1. The average molecular weight is 666 g/mol. The van der Waals surface area contributed by atoms with Crippen LogP contribution in [-0.2, 0) is 0 Å². The number of nitrogens with zero attached hydrogens (tertiary/aromatic N) is 2. The zero-order chi connectivity index (χ0) is 29.6. The molecule has 1 aromatic heterocycles. The Morgan fingerprint density at radius 3 is 2.07 bits per heavy atom. The number of nitrogens with one attached hydrogen (secondary N) is 2. The van der Waals surface area contributed by atoms with Crippen molar-refractivity contribution in [3.63, 3.8) is 0 Å². The Bertz CT molecular complexity index is 1680. The number of thiophene rings is 1. The van der Waals surface area contributed by atoms with Crippen molar-refractivity contribution < 1.29 is 26.7 Å². The van der Waals surface area contributed by atoms with Crippen molar-refractivity contribution >= 4 is 96.5 Å². The minimum absolute atomic E-state index is 0.00167. The lowest BCUT2D eigenvalue weighted by Gasteiger charge is -2.38. The second-order valence-corrected chi connectivity index (χ2v) is 11.5. The van der Waals surface area contributed by atoms with Crippen LogP contribution >= 0.6 is 58.4 Å². The number of carbonyl (C=O) groups excluding carboxylic acids is 1. The van der Waals surface area contributed by atoms with Gasteiger partial charge in [-0.1, -0.05) is 40.9 Å². The number of halogens is 8. The van der Waals surface area contributed by atoms with Gasteiger partial charge in [-0.25, -0.2) is 22.0 Å². The minimum Gasteiger partial charge on any atom is -0.367 e. The smallest absolute Gasteiger partial charge is 0.269 e. The summed E-state index contributed by atoms with van der Waals surface area (Å²) < 4.78 is 69.9. The monoisotopic (exact) mass is 664 g/mol. The minimum atomic E-state index is -2.20. The third-order valence-corrected chi connectivity index (χ3v) is 8.75. The first kappa shape index (κ1) is 29.6. The summed E-state index contributed by atoms with van der Waals surface area (Å²) in [7, 11) is 0. The maximum absolute atomic E-state index is 14.2. The topological polar surface area (TPSA) is 47.6 Å². The van der Waals surface area contributed by atoms with Gasteiger partial charge in [-0.2, -0.15) is 0 Å². The van der Waals surface area contributed by atoms with E-state index < -0.39 is 40.7 Å². The molecule has 5 rings (SSSR count). The summed E-state index contributed by atoms with van der Waals surface area (Å²) in [5.74, 6) is -10.4. The van der Waals surface area contributed by atoms with Crippen LogP contribution in [-0.4, -0.2) is 37.2 Å². The van der Waals surface area contributed by atoms with Gasteiger partial charge in [0.25, 0.3) is 5.91 Å². The number of amides is 1. The third kappa shape index (κ3) is 5.76. The van der Waals surface area contributed by atoms with Crippen molar-refractivity contribution in [1.29, 1.82) is 0 Å². The summed E-state index contributed by atoms with van der Waals surface area (Å²) >= 11 is 25.3. The Hall–Kier alpha value is -2.90. The molecule has 0 unspecified atom stereocenters. The lowest BCUT2D eigenvalue weighted by atomic mass is 10.2. The van der Waals surface area contributed by atoms with Gasteiger partial charge in [0.05, 0.1) is 15.7 Å². The molecule has 1 amide bonds. The highest BCUT2D eigenvalue weighted by atomic mass is 35.5. The van der Waals surface area contributed by atoms with Crippen LogP contribution in [0, 0.1) is 29.1 Å². The number of benzene rings is 3. The number of rotatable bonds is 4. The van der Waals surface area contributed by atoms with Crippen LogP contribution < -0.4 is 20.4 Å². The first-order valence-corrected chi connectivity index (χ1v) is 14.1. The highest BCUT2D eigenvalue weighted by Crippen LogP contribution is 2.37. The fourth-order valence-corrected chi connectivity index (χ4v) is 6.59. The number of hydrogen-bond donors (Lipinski definition) is 2. The fraction of sp³-hybridized carbons (Fsp3) is 0.154. The van der Waals surface area contributed by atoms with Gasteiger partial charge in [-0.05, 0) is 42.5 Å². The van der Waals surface area contributed by atoms with E-state index in [4.69, 9.17) is 47.0 Å². The Morgan fingerprint density at radius 1 is 0.829 bits per heavy atom. The first-order chi connectivity index (χ1) is 19.5. The van der Waals surface area contributed by atoms with Crippen LogP contribution in [0.15, 0.2) is 36.4 Å². The van der Waals surface area contributed by atoms with Crippen LogP contribution in [0.2, 0.25) is 15.1 Å². The normalized spacial score (nSPS) is 13.6. The molecule has 0 saturated carbocycles. The summed E-state index contributed by atoms with van der Waals surface area (Å²) in [6, 6.07) is 10.0. The molecular formula is C26H16Cl3F5N4OS2. The molecular weight excluding hydrogens is 650 g/mol. The Kier molecular flexibility index (Phi) is 8.49. The predicted molar refractivity (Wildman–Crippen MR) is 158 cm³/mol. The van der Waals surface area contributed by atoms with E-state index in [9.17, 15) is 26.7 Å². The van der Waals surface area contributed by atoms with Crippen LogP contribution in [0.1, 0.15) is 9.67 Å². The molecule has 3 aromatic carbocycles. The fourth-order valence-electron chi connectivity index (χ4n) is 4.39. The van der Waals surface area contributed by atoms with Crippen LogP contribution in [0.5, 0.6) is 0 Å². The van der Waals surface area contributed by atoms with Gasteiger partial charge in [-0.3, -0.25) is 10.1 Å². The molecule has 15 heteroatoms. The summed E-state index contributed by atoms with van der Waals surface area (Å²) in [5.41, 5.74) is 0.0984. The molecule has 2 N–H and O–H groups in total. The van der Waals surface area contributed by atoms with E-state index in [-0.39, 0.29) is 41.2 Å². The molecule has 0 radical (unpaired) electrons. The van der Waals surface area contributed by atoms with Crippen molar-refractivity contribution in [3.05, 3.63) is 85.4 Å². The molecule has 1 aliphatic rings. The first-order valence-electron chi connectivity index (χ1n) is 11.8. The molecule has 214 valence electrons. The van der Waals surface area contributed by atoms with Crippen LogP contribution in [0.4, 0.5) is 39.0 Å². The Morgan fingerprint density at radius 2 is 1.44 bits per heavy atom. The number of anilines is 3. The van der Waals surface area contributed by atoms with E-state index in [0.717, 1.165) is 9.60 Å². The summed E-state index contributed by atoms with van der Waals surface area (Å²) in [6.07, 6.45) is 0. The van der Waals surface area contributed by atoms with E-state index in [1.54, 1.807) is 36.4 Å². The van der Waals surface area contributed by atoms with E-state index in [2.05, 4.69) is 10.6 Å². The van der Waals surface area contributed by atoms with Crippen molar-refractivity contribution in [2.75, 3.05) is 41.3 Å². The quantitative estimate of drug-likeness (QED) is 0.100. The molecule has 4 aromatic rings. The number of hydrogen-bond acceptors (Lipinski definition) is 5. The molecule has 0 spiro atoms. The summed E-state index contributed by atoms with van der Waals surface area (Å²) in [6.45, 7) is 0.359. The Labute approximate surface area is 254 Å². The molecule has 1 aliphatic heterocycles. The van der Waals surface area contributed by atoms with Gasteiger partial charge in [0.15, 0.2) is 28.4 Å². The molecule has 1 fully saturated rings. The standard InChI is InChI=1S/C26H16Cl3F5N4OS2/c27-11-1-3-13-16(9-11)41-24(17(13)29)25(39)36-26(40)35-12-2-4-15(14(28)10-12)37-5-7-38(8-6-37)23-21(33)19(31)18(30)20(32)22(23)34/h1-4,9-10H,5-8H2,(H2,35,36,39,40).